The van der Waals surface area contributed by atoms with Crippen LogP contribution in [0.4, 0.5) is 11.4 Å². The molecule has 6 atom stereocenters. The number of piperazine rings is 1. The number of carbonyl (C=O) groups is 2. The Balaban J connectivity index is 1.40. The molecule has 202 valence electrons. The molecule has 0 radical (unpaired) electrons. The molecule has 6 heteroatoms. The molecule has 2 aromatic carbocycles. The van der Waals surface area contributed by atoms with Crippen molar-refractivity contribution in [1.82, 2.24) is 9.80 Å². The lowest BCUT2D eigenvalue weighted by Gasteiger charge is -2.47. The summed E-state index contributed by atoms with van der Waals surface area (Å²) in [4.78, 5) is 35.6. The summed E-state index contributed by atoms with van der Waals surface area (Å²) in [5, 5.41) is 3.69. The number of rotatable bonds is 4. The Bertz CT molecular complexity index is 1460. The van der Waals surface area contributed by atoms with E-state index in [1.54, 1.807) is 0 Å². The van der Waals surface area contributed by atoms with Crippen molar-refractivity contribution < 1.29 is 9.59 Å². The van der Waals surface area contributed by atoms with Crippen LogP contribution in [0.5, 0.6) is 0 Å². The van der Waals surface area contributed by atoms with Crippen molar-refractivity contribution in [3.63, 3.8) is 0 Å². The molecule has 5 aliphatic rings. The molecule has 0 saturated carbocycles. The summed E-state index contributed by atoms with van der Waals surface area (Å²) in [6.07, 6.45) is 4.59. The highest BCUT2D eigenvalue weighted by molar-refractivity contribution is 6.01. The van der Waals surface area contributed by atoms with Gasteiger partial charge in [0.2, 0.25) is 11.8 Å². The summed E-state index contributed by atoms with van der Waals surface area (Å²) in [6.45, 7) is 17.2. The van der Waals surface area contributed by atoms with E-state index in [0.717, 1.165) is 11.4 Å². The Labute approximate surface area is 231 Å². The van der Waals surface area contributed by atoms with Gasteiger partial charge in [-0.05, 0) is 46.9 Å². The number of nitrogens with one attached hydrogen (secondary N) is 1. The number of hydrogen-bond acceptors (Lipinski definition) is 4. The second kappa shape index (κ2) is 7.35. The van der Waals surface area contributed by atoms with Crippen LogP contribution in [-0.2, 0) is 20.4 Å². The van der Waals surface area contributed by atoms with Crippen molar-refractivity contribution in [1.29, 1.82) is 0 Å². The van der Waals surface area contributed by atoms with E-state index in [1.807, 2.05) is 28.0 Å². The van der Waals surface area contributed by atoms with Gasteiger partial charge in [0.25, 0.3) is 0 Å². The number of fused-ring (bicyclic) bond motifs is 10. The van der Waals surface area contributed by atoms with Crippen LogP contribution in [0.3, 0.4) is 0 Å². The molecular weight excluding hydrogens is 484 g/mol. The van der Waals surface area contributed by atoms with Crippen LogP contribution in [-0.4, -0.2) is 53.1 Å². The zero-order chi connectivity index (χ0) is 27.7. The smallest absolute Gasteiger partial charge is 0.247 e. The van der Waals surface area contributed by atoms with E-state index in [9.17, 15) is 9.59 Å². The zero-order valence-electron chi connectivity index (χ0n) is 23.6. The summed E-state index contributed by atoms with van der Waals surface area (Å²) < 4.78 is 0. The normalized spacial score (nSPS) is 34.1. The lowest BCUT2D eigenvalue weighted by molar-refractivity contribution is -0.160. The Hall–Kier alpha value is -3.54. The summed E-state index contributed by atoms with van der Waals surface area (Å²) in [6, 6.07) is 15.7. The van der Waals surface area contributed by atoms with Crippen LogP contribution < -0.4 is 10.2 Å². The van der Waals surface area contributed by atoms with Crippen LogP contribution in [0.25, 0.3) is 0 Å². The first-order chi connectivity index (χ1) is 18.5. The third kappa shape index (κ3) is 2.50. The fourth-order valence-corrected chi connectivity index (χ4v) is 9.08. The van der Waals surface area contributed by atoms with Gasteiger partial charge in [-0.1, -0.05) is 76.2 Å². The fraction of sp³-hybridized carbons (Fsp3) is 0.455. The molecule has 7 rings (SSSR count). The number of para-hydroxylation sites is 2. The molecule has 2 amide bonds. The predicted octanol–water partition coefficient (Wildman–Crippen LogP) is 5.03. The standard InChI is InChI=1S/C33H38N4O2/c1-8-30(3,4)32-18-24-27(39)37-25(26(38)36(24)28(32)34-22-16-12-10-14-20(22)32)19-33(31(5,6)9-2)21-15-11-13-17-23(21)35(7)29(33)37/h8-17,24-25,28-29,34H,1-2,18-19H2,3-7H3. The van der Waals surface area contributed by atoms with E-state index in [2.05, 4.69) is 101 Å². The second-order valence-corrected chi connectivity index (χ2v) is 13.3. The quantitative estimate of drug-likeness (QED) is 0.573. The Morgan fingerprint density at radius 3 is 2.05 bits per heavy atom. The average Bonchev–Trinajstić information content (AvgIpc) is 3.63. The van der Waals surface area contributed by atoms with E-state index in [-0.39, 0.29) is 35.0 Å². The minimum absolute atomic E-state index is 0.0474. The molecule has 6 nitrogen and oxygen atoms in total. The van der Waals surface area contributed by atoms with Crippen LogP contribution in [0, 0.1) is 10.8 Å². The van der Waals surface area contributed by atoms with E-state index < -0.39 is 22.9 Å². The minimum Gasteiger partial charge on any atom is -0.364 e. The number of likely N-dealkylation sites (N-methyl/N-ethyl adjacent to an activating group) is 1. The first kappa shape index (κ1) is 24.5. The van der Waals surface area contributed by atoms with Crippen LogP contribution in [0.2, 0.25) is 0 Å². The maximum atomic E-state index is 14.8. The van der Waals surface area contributed by atoms with Gasteiger partial charge in [-0.15, -0.1) is 13.2 Å². The number of amides is 2. The third-order valence-corrected chi connectivity index (χ3v) is 11.4. The summed E-state index contributed by atoms with van der Waals surface area (Å²) in [5.41, 5.74) is 2.93. The van der Waals surface area contributed by atoms with Gasteiger partial charge in [0.1, 0.15) is 24.4 Å². The maximum Gasteiger partial charge on any atom is 0.247 e. The number of carbonyl (C=O) groups excluding carboxylic acids is 2. The van der Waals surface area contributed by atoms with Crippen molar-refractivity contribution >= 4 is 23.2 Å². The van der Waals surface area contributed by atoms with E-state index >= 15 is 0 Å². The molecule has 0 spiro atoms. The van der Waals surface area contributed by atoms with Gasteiger partial charge >= 0.3 is 0 Å². The van der Waals surface area contributed by atoms with Crippen molar-refractivity contribution in [2.24, 2.45) is 10.8 Å². The summed E-state index contributed by atoms with van der Waals surface area (Å²) >= 11 is 0. The summed E-state index contributed by atoms with van der Waals surface area (Å²) in [7, 11) is 2.07. The molecule has 1 N–H and O–H groups in total. The Morgan fingerprint density at radius 2 is 1.36 bits per heavy atom. The molecule has 5 heterocycles. The lowest BCUT2D eigenvalue weighted by Crippen LogP contribution is -2.67. The number of nitrogens with zero attached hydrogens (tertiary/aromatic N) is 3. The highest BCUT2D eigenvalue weighted by Crippen LogP contribution is 2.65. The number of allylic oxidation sites excluding steroid dienone is 2. The largest absolute Gasteiger partial charge is 0.364 e. The molecule has 0 aliphatic carbocycles. The first-order valence-electron chi connectivity index (χ1n) is 14.1. The van der Waals surface area contributed by atoms with Crippen molar-refractivity contribution in [2.45, 2.75) is 75.8 Å². The number of benzene rings is 2. The predicted molar refractivity (Wildman–Crippen MR) is 154 cm³/mol. The highest BCUT2D eigenvalue weighted by atomic mass is 16.2. The second-order valence-electron chi connectivity index (χ2n) is 13.3. The maximum absolute atomic E-state index is 14.8. The van der Waals surface area contributed by atoms with Crippen LogP contribution >= 0.6 is 0 Å². The van der Waals surface area contributed by atoms with Crippen molar-refractivity contribution in [3.8, 4) is 0 Å². The van der Waals surface area contributed by atoms with E-state index in [4.69, 9.17) is 0 Å². The molecule has 39 heavy (non-hydrogen) atoms. The van der Waals surface area contributed by atoms with Crippen LogP contribution in [0.15, 0.2) is 73.8 Å². The van der Waals surface area contributed by atoms with Gasteiger partial charge in [0.15, 0.2) is 0 Å². The van der Waals surface area contributed by atoms with Gasteiger partial charge in [0, 0.05) is 29.3 Å². The molecule has 0 aromatic heterocycles. The van der Waals surface area contributed by atoms with Gasteiger partial charge < -0.3 is 20.0 Å². The summed E-state index contributed by atoms with van der Waals surface area (Å²) in [5.74, 6) is 0.102. The molecule has 5 aliphatic heterocycles. The zero-order valence-corrected chi connectivity index (χ0v) is 23.6. The van der Waals surface area contributed by atoms with E-state index in [0.29, 0.717) is 12.8 Å². The Kier molecular flexibility index (Phi) is 4.62. The van der Waals surface area contributed by atoms with E-state index in [1.165, 1.54) is 11.1 Å². The lowest BCUT2D eigenvalue weighted by atomic mass is 9.60. The van der Waals surface area contributed by atoms with Gasteiger partial charge in [-0.2, -0.15) is 0 Å². The molecular formula is C33H38N4O2. The number of anilines is 2. The molecule has 6 unspecified atom stereocenters. The third-order valence-electron chi connectivity index (χ3n) is 11.4. The highest BCUT2D eigenvalue weighted by Gasteiger charge is 2.74. The topological polar surface area (TPSA) is 55.9 Å². The Morgan fingerprint density at radius 1 is 0.821 bits per heavy atom. The van der Waals surface area contributed by atoms with Crippen molar-refractivity contribution in [3.05, 3.63) is 85.0 Å². The average molecular weight is 523 g/mol. The van der Waals surface area contributed by atoms with Gasteiger partial charge in [-0.3, -0.25) is 9.59 Å². The molecule has 3 saturated heterocycles. The molecule has 2 aromatic rings. The van der Waals surface area contributed by atoms with Gasteiger partial charge in [-0.25, -0.2) is 0 Å². The minimum atomic E-state index is -0.529. The molecule has 3 fully saturated rings. The van der Waals surface area contributed by atoms with Crippen molar-refractivity contribution in [2.75, 3.05) is 17.3 Å². The first-order valence-corrected chi connectivity index (χ1v) is 14.1. The monoisotopic (exact) mass is 522 g/mol. The van der Waals surface area contributed by atoms with Gasteiger partial charge in [0.05, 0.1) is 0 Å². The molecule has 0 bridgehead atoms. The van der Waals surface area contributed by atoms with Crippen LogP contribution in [0.1, 0.15) is 51.7 Å². The SMILES string of the molecule is C=CC(C)(C)C12CC3C(=O)N4C(CC5(C(C)(C)C=C)c6ccccc6N(C)C45)C(=O)N3C1Nc1ccccc12. The number of hydrogen-bond donors (Lipinski definition) is 1. The fourth-order valence-electron chi connectivity index (χ4n) is 9.08.